The van der Waals surface area contributed by atoms with Crippen LogP contribution in [0.25, 0.3) is 5.76 Å². The van der Waals surface area contributed by atoms with E-state index in [9.17, 15) is 14.7 Å². The van der Waals surface area contributed by atoms with Crippen LogP contribution in [0.15, 0.2) is 48.0 Å². The second kappa shape index (κ2) is 10.9. The molecule has 2 aromatic carbocycles. The van der Waals surface area contributed by atoms with Crippen molar-refractivity contribution in [3.05, 3.63) is 64.7 Å². The molecule has 0 unspecified atom stereocenters. The highest BCUT2D eigenvalue weighted by Crippen LogP contribution is 2.41. The summed E-state index contributed by atoms with van der Waals surface area (Å²) >= 11 is 0. The van der Waals surface area contributed by atoms with Gasteiger partial charge in [0, 0.05) is 38.2 Å². The number of benzene rings is 2. The first kappa shape index (κ1) is 25.3. The number of aliphatic hydroxyl groups is 1. The highest BCUT2D eigenvalue weighted by molar-refractivity contribution is 6.46. The molecule has 2 fully saturated rings. The van der Waals surface area contributed by atoms with E-state index in [1.54, 1.807) is 11.0 Å². The molecule has 0 spiro atoms. The summed E-state index contributed by atoms with van der Waals surface area (Å²) in [5.74, 6) is 0.0147. The number of fused-ring (bicyclic) bond motifs is 1. The largest absolute Gasteiger partial charge is 0.507 e. The minimum absolute atomic E-state index is 0.0593. The molecule has 0 radical (unpaired) electrons. The lowest BCUT2D eigenvalue weighted by molar-refractivity contribution is -0.140. The summed E-state index contributed by atoms with van der Waals surface area (Å²) in [7, 11) is 0. The number of nitrogens with zero attached hydrogens (tertiary/aromatic N) is 2. The van der Waals surface area contributed by atoms with E-state index in [0.29, 0.717) is 44.2 Å². The number of aliphatic hydroxyl groups excluding tert-OH is 1. The highest BCUT2D eigenvalue weighted by Gasteiger charge is 2.46. The molecule has 2 atom stereocenters. The third kappa shape index (κ3) is 5.22. The summed E-state index contributed by atoms with van der Waals surface area (Å²) in [5.41, 5.74) is 2.32. The van der Waals surface area contributed by atoms with E-state index in [2.05, 4.69) is 4.90 Å². The van der Waals surface area contributed by atoms with Gasteiger partial charge in [0.2, 0.25) is 0 Å². The van der Waals surface area contributed by atoms with Crippen LogP contribution in [0.3, 0.4) is 0 Å². The minimum Gasteiger partial charge on any atom is -0.507 e. The number of Topliss-reactive ketones (excluding diaryl/α,β-unsaturated/α-hetero) is 1. The molecule has 2 aromatic rings. The highest BCUT2D eigenvalue weighted by atomic mass is 16.5. The number of carbonyl (C=O) groups is 2. The molecule has 0 aliphatic carbocycles. The van der Waals surface area contributed by atoms with Crippen molar-refractivity contribution in [3.63, 3.8) is 0 Å². The van der Waals surface area contributed by atoms with Crippen LogP contribution >= 0.6 is 0 Å². The summed E-state index contributed by atoms with van der Waals surface area (Å²) < 4.78 is 17.1. The van der Waals surface area contributed by atoms with Crippen LogP contribution in [0, 0.1) is 0 Å². The van der Waals surface area contributed by atoms with E-state index < -0.39 is 17.7 Å². The van der Waals surface area contributed by atoms with Crippen LogP contribution in [0.1, 0.15) is 43.0 Å². The van der Waals surface area contributed by atoms with E-state index in [1.165, 1.54) is 0 Å². The Morgan fingerprint density at radius 1 is 1.11 bits per heavy atom. The fourth-order valence-electron chi connectivity index (χ4n) is 5.25. The maximum atomic E-state index is 13.4. The van der Waals surface area contributed by atoms with Crippen molar-refractivity contribution in [2.45, 2.75) is 38.8 Å². The normalized spacial score (nSPS) is 23.2. The molecule has 0 aromatic heterocycles. The molecule has 3 aliphatic heterocycles. The van der Waals surface area contributed by atoms with Gasteiger partial charge in [-0.05, 0) is 54.8 Å². The molecule has 3 heterocycles. The first-order valence-electron chi connectivity index (χ1n) is 13.1. The zero-order valence-corrected chi connectivity index (χ0v) is 21.4. The van der Waals surface area contributed by atoms with Gasteiger partial charge in [0.1, 0.15) is 23.4 Å². The van der Waals surface area contributed by atoms with Gasteiger partial charge in [0.15, 0.2) is 0 Å². The Balaban J connectivity index is 1.53. The fraction of sp³-hybridized carbons (Fsp3) is 0.448. The van der Waals surface area contributed by atoms with E-state index >= 15 is 0 Å². The first-order chi connectivity index (χ1) is 18.0. The lowest BCUT2D eigenvalue weighted by Crippen LogP contribution is -2.42. The molecule has 37 heavy (non-hydrogen) atoms. The summed E-state index contributed by atoms with van der Waals surface area (Å²) in [5, 5.41) is 11.5. The van der Waals surface area contributed by atoms with E-state index in [-0.39, 0.29) is 17.4 Å². The molecular weight excluding hydrogens is 472 g/mol. The van der Waals surface area contributed by atoms with Crippen molar-refractivity contribution < 1.29 is 28.9 Å². The minimum atomic E-state index is -0.713. The summed E-state index contributed by atoms with van der Waals surface area (Å²) in [6.45, 7) is 8.44. The van der Waals surface area contributed by atoms with Gasteiger partial charge < -0.3 is 24.2 Å². The Morgan fingerprint density at radius 3 is 2.70 bits per heavy atom. The van der Waals surface area contributed by atoms with E-state index in [4.69, 9.17) is 14.2 Å². The lowest BCUT2D eigenvalue weighted by atomic mass is 9.94. The van der Waals surface area contributed by atoms with Gasteiger partial charge in [-0.3, -0.25) is 14.5 Å². The topological polar surface area (TPSA) is 88.5 Å². The van der Waals surface area contributed by atoms with Gasteiger partial charge in [0.25, 0.3) is 11.7 Å². The fourth-order valence-corrected chi connectivity index (χ4v) is 5.25. The van der Waals surface area contributed by atoms with E-state index in [1.807, 2.05) is 50.2 Å². The number of carbonyl (C=O) groups excluding carboxylic acids is 2. The number of likely N-dealkylation sites (tertiary alicyclic amines) is 1. The quantitative estimate of drug-likeness (QED) is 0.333. The number of ketones is 1. The number of rotatable bonds is 8. The van der Waals surface area contributed by atoms with Crippen molar-refractivity contribution in [1.82, 2.24) is 9.80 Å². The van der Waals surface area contributed by atoms with Crippen molar-refractivity contribution in [1.29, 1.82) is 0 Å². The summed E-state index contributed by atoms with van der Waals surface area (Å²) in [6.07, 6.45) is 1.65. The number of amides is 1. The first-order valence-corrected chi connectivity index (χ1v) is 13.1. The molecule has 8 nitrogen and oxygen atoms in total. The van der Waals surface area contributed by atoms with Crippen LogP contribution in [0.5, 0.6) is 11.5 Å². The molecule has 5 rings (SSSR count). The smallest absolute Gasteiger partial charge is 0.295 e. The van der Waals surface area contributed by atoms with Crippen LogP contribution in [-0.4, -0.2) is 78.7 Å². The van der Waals surface area contributed by atoms with E-state index in [0.717, 1.165) is 42.8 Å². The molecule has 0 saturated carbocycles. The Kier molecular flexibility index (Phi) is 7.48. The zero-order chi connectivity index (χ0) is 25.9. The molecule has 0 bridgehead atoms. The van der Waals surface area contributed by atoms with Gasteiger partial charge in [-0.2, -0.15) is 0 Å². The second-order valence-corrected chi connectivity index (χ2v) is 9.82. The van der Waals surface area contributed by atoms with Gasteiger partial charge in [-0.25, -0.2) is 0 Å². The predicted molar refractivity (Wildman–Crippen MR) is 139 cm³/mol. The Labute approximate surface area is 217 Å². The van der Waals surface area contributed by atoms with Crippen LogP contribution in [0.2, 0.25) is 0 Å². The Morgan fingerprint density at radius 2 is 1.92 bits per heavy atom. The monoisotopic (exact) mass is 506 g/mol. The molecule has 8 heteroatoms. The number of hydrogen-bond acceptors (Lipinski definition) is 7. The standard InChI is InChI=1S/C29H34N2O6/c1-3-13-36-23-6-4-5-20(18-23)26-25(27(32)21-7-8-24-22(17-21)16-19(2)37-24)28(33)29(34)31(26)10-9-30-11-14-35-15-12-30/h4-8,17-19,26,32H,3,9-16H2,1-2H3/t19-,26-/m0/s1. The average Bonchev–Trinajstić information content (AvgIpc) is 3.41. The van der Waals surface area contributed by atoms with Crippen molar-refractivity contribution in [3.8, 4) is 11.5 Å². The van der Waals surface area contributed by atoms with Crippen LogP contribution in [-0.2, 0) is 20.7 Å². The van der Waals surface area contributed by atoms with Crippen molar-refractivity contribution in [2.24, 2.45) is 0 Å². The van der Waals surface area contributed by atoms with Gasteiger partial charge in [0.05, 0.1) is 31.4 Å². The van der Waals surface area contributed by atoms with Crippen molar-refractivity contribution >= 4 is 17.4 Å². The number of ether oxygens (including phenoxy) is 3. The lowest BCUT2D eigenvalue weighted by Gasteiger charge is -2.31. The third-order valence-electron chi connectivity index (χ3n) is 7.12. The Hall–Kier alpha value is -3.36. The van der Waals surface area contributed by atoms with Crippen LogP contribution < -0.4 is 9.47 Å². The molecule has 1 amide bonds. The predicted octanol–water partition coefficient (Wildman–Crippen LogP) is 3.55. The molecule has 1 N–H and O–H groups in total. The second-order valence-electron chi connectivity index (χ2n) is 9.82. The van der Waals surface area contributed by atoms with Crippen LogP contribution in [0.4, 0.5) is 0 Å². The maximum Gasteiger partial charge on any atom is 0.295 e. The molecule has 2 saturated heterocycles. The Bertz CT molecular complexity index is 1200. The van der Waals surface area contributed by atoms with Crippen molar-refractivity contribution in [2.75, 3.05) is 46.0 Å². The SMILES string of the molecule is CCCOc1cccc([C@H]2C(=C(O)c3ccc4c(c3)C[C@H](C)O4)C(=O)C(=O)N2CCN2CCOCC2)c1. The van der Waals surface area contributed by atoms with Gasteiger partial charge in [-0.1, -0.05) is 19.1 Å². The summed E-state index contributed by atoms with van der Waals surface area (Å²) in [6, 6.07) is 12.2. The van der Waals surface area contributed by atoms with Gasteiger partial charge in [-0.15, -0.1) is 0 Å². The average molecular weight is 507 g/mol. The number of morpholine rings is 1. The van der Waals surface area contributed by atoms with Gasteiger partial charge >= 0.3 is 0 Å². The number of hydrogen-bond donors (Lipinski definition) is 1. The third-order valence-corrected chi connectivity index (χ3v) is 7.12. The molecular formula is C29H34N2O6. The molecule has 196 valence electrons. The maximum absolute atomic E-state index is 13.4. The molecule has 3 aliphatic rings. The zero-order valence-electron chi connectivity index (χ0n) is 21.4. The summed E-state index contributed by atoms with van der Waals surface area (Å²) in [4.78, 5) is 30.5.